The van der Waals surface area contributed by atoms with E-state index in [0.29, 0.717) is 0 Å². The molecule has 0 spiro atoms. The molecule has 0 fully saturated rings. The largest absolute Gasteiger partial charge is 0.369 e. The number of hydrogen-bond donors (Lipinski definition) is 2. The van der Waals surface area contributed by atoms with Crippen LogP contribution in [-0.2, 0) is 13.5 Å². The molecule has 0 unspecified atom stereocenters. The Labute approximate surface area is 114 Å². The molecule has 3 aromatic rings. The number of nitrogens with zero attached hydrogens (tertiary/aromatic N) is 7. The normalized spacial score (nSPS) is 11.1. The van der Waals surface area contributed by atoms with Gasteiger partial charge < -0.3 is 5.32 Å². The van der Waals surface area contributed by atoms with Crippen LogP contribution < -0.4 is 5.32 Å². The maximum Gasteiger partial charge on any atom is 0.174 e. The number of H-pyrrole nitrogens is 1. The third kappa shape index (κ3) is 2.42. The highest BCUT2D eigenvalue weighted by molar-refractivity contribution is 5.86. The fraction of sp³-hybridized carbons (Fsp3) is 0.455. The second-order valence-electron chi connectivity index (χ2n) is 4.48. The van der Waals surface area contributed by atoms with Crippen LogP contribution in [0.25, 0.3) is 11.0 Å². The van der Waals surface area contributed by atoms with Crippen LogP contribution in [0.5, 0.6) is 0 Å². The number of aryl methyl sites for hydroxylation is 3. The molecule has 0 radical (unpaired) electrons. The zero-order valence-corrected chi connectivity index (χ0v) is 11.3. The summed E-state index contributed by atoms with van der Waals surface area (Å²) in [5.41, 5.74) is 0.832. The zero-order valence-electron chi connectivity index (χ0n) is 11.3. The van der Waals surface area contributed by atoms with Gasteiger partial charge in [-0.05, 0) is 13.3 Å². The molecule has 0 aliphatic heterocycles. The van der Waals surface area contributed by atoms with E-state index in [1.165, 1.54) is 0 Å². The molecule has 3 rings (SSSR count). The van der Waals surface area contributed by atoms with E-state index in [9.17, 15) is 0 Å². The smallest absolute Gasteiger partial charge is 0.174 e. The predicted octanol–water partition coefficient (Wildman–Crippen LogP) is 0.230. The van der Waals surface area contributed by atoms with Crippen LogP contribution >= 0.6 is 0 Å². The van der Waals surface area contributed by atoms with Crippen molar-refractivity contribution < 1.29 is 0 Å². The average Bonchev–Trinajstić information content (AvgIpc) is 3.05. The Balaban J connectivity index is 1.68. The highest BCUT2D eigenvalue weighted by atomic mass is 15.5. The summed E-state index contributed by atoms with van der Waals surface area (Å²) in [6.45, 7) is 2.64. The quantitative estimate of drug-likeness (QED) is 0.640. The zero-order chi connectivity index (χ0) is 13.9. The van der Waals surface area contributed by atoms with Gasteiger partial charge in [0.2, 0.25) is 0 Å². The highest BCUT2D eigenvalue weighted by Crippen LogP contribution is 2.19. The molecule has 0 bridgehead atoms. The van der Waals surface area contributed by atoms with Gasteiger partial charge in [0.05, 0.1) is 11.6 Å². The first-order valence-corrected chi connectivity index (χ1v) is 6.36. The van der Waals surface area contributed by atoms with E-state index >= 15 is 0 Å². The lowest BCUT2D eigenvalue weighted by molar-refractivity contribution is 0.782. The van der Waals surface area contributed by atoms with Gasteiger partial charge in [-0.25, -0.2) is 9.97 Å². The van der Waals surface area contributed by atoms with Crippen molar-refractivity contribution in [1.29, 1.82) is 0 Å². The third-order valence-corrected chi connectivity index (χ3v) is 2.96. The number of tetrazole rings is 1. The van der Waals surface area contributed by atoms with Gasteiger partial charge in [-0.1, -0.05) is 5.21 Å². The summed E-state index contributed by atoms with van der Waals surface area (Å²) < 4.78 is 1.74. The number of nitrogens with one attached hydrogen (secondary N) is 2. The summed E-state index contributed by atoms with van der Waals surface area (Å²) in [6, 6.07) is 0. The molecule has 0 aromatic carbocycles. The monoisotopic (exact) mass is 273 g/mol. The molecule has 0 aliphatic rings. The van der Waals surface area contributed by atoms with Crippen LogP contribution in [0.2, 0.25) is 0 Å². The van der Waals surface area contributed by atoms with E-state index in [1.807, 2.05) is 14.0 Å². The summed E-state index contributed by atoms with van der Waals surface area (Å²) in [5.74, 6) is 2.26. The number of fused-ring (bicyclic) bond motifs is 1. The number of aromatic amines is 1. The maximum atomic E-state index is 4.42. The van der Waals surface area contributed by atoms with E-state index in [-0.39, 0.29) is 0 Å². The van der Waals surface area contributed by atoms with E-state index in [1.54, 1.807) is 10.9 Å². The van der Waals surface area contributed by atoms with Crippen LogP contribution in [0.3, 0.4) is 0 Å². The van der Waals surface area contributed by atoms with Gasteiger partial charge >= 0.3 is 0 Å². The first-order chi connectivity index (χ1) is 9.74. The number of anilines is 1. The Morgan fingerprint density at radius 1 is 1.35 bits per heavy atom. The molecule has 104 valence electrons. The van der Waals surface area contributed by atoms with Gasteiger partial charge in [0, 0.05) is 20.0 Å². The molecule has 3 heterocycles. The van der Waals surface area contributed by atoms with Crippen molar-refractivity contribution >= 4 is 16.9 Å². The molecule has 2 N–H and O–H groups in total. The Bertz CT molecular complexity index is 700. The van der Waals surface area contributed by atoms with E-state index < -0.39 is 0 Å². The summed E-state index contributed by atoms with van der Waals surface area (Å²) in [5, 5.41) is 22.2. The van der Waals surface area contributed by atoms with Gasteiger partial charge in [-0.3, -0.25) is 4.68 Å². The third-order valence-electron chi connectivity index (χ3n) is 2.96. The molecule has 0 saturated heterocycles. The van der Waals surface area contributed by atoms with Crippen molar-refractivity contribution in [3.63, 3.8) is 0 Å². The second kappa shape index (κ2) is 5.19. The van der Waals surface area contributed by atoms with Crippen LogP contribution in [-0.4, -0.2) is 46.9 Å². The maximum absolute atomic E-state index is 4.42. The molecule has 9 nitrogen and oxygen atoms in total. The molecular formula is C11H15N9. The Morgan fingerprint density at radius 2 is 2.25 bits per heavy atom. The Kier molecular flexibility index (Phi) is 3.23. The van der Waals surface area contributed by atoms with E-state index in [0.717, 1.165) is 47.9 Å². The van der Waals surface area contributed by atoms with E-state index in [4.69, 9.17) is 0 Å². The van der Waals surface area contributed by atoms with Crippen LogP contribution in [0.1, 0.15) is 18.1 Å². The molecule has 0 amide bonds. The highest BCUT2D eigenvalue weighted by Gasteiger charge is 2.09. The minimum absolute atomic E-state index is 0.720. The summed E-state index contributed by atoms with van der Waals surface area (Å²) in [7, 11) is 1.87. The number of rotatable bonds is 5. The van der Waals surface area contributed by atoms with Gasteiger partial charge in [0.1, 0.15) is 11.6 Å². The van der Waals surface area contributed by atoms with Gasteiger partial charge in [-0.15, -0.1) is 10.2 Å². The number of aromatic nitrogens is 8. The first kappa shape index (κ1) is 12.5. The minimum atomic E-state index is 0.720. The van der Waals surface area contributed by atoms with Crippen LogP contribution in [0.4, 0.5) is 5.82 Å². The van der Waals surface area contributed by atoms with Crippen molar-refractivity contribution in [2.45, 2.75) is 19.8 Å². The molecule has 20 heavy (non-hydrogen) atoms. The number of hydrogen-bond acceptors (Lipinski definition) is 7. The molecule has 0 aliphatic carbocycles. The molecule has 0 atom stereocenters. The molecule has 9 heteroatoms. The SMILES string of the molecule is Cc1nc(NCCCc2nn[nH]n2)c2cnn(C)c2n1. The summed E-state index contributed by atoms with van der Waals surface area (Å²) in [6.07, 6.45) is 3.43. The fourth-order valence-electron chi connectivity index (χ4n) is 2.01. The van der Waals surface area contributed by atoms with Crippen LogP contribution in [0.15, 0.2) is 6.20 Å². The van der Waals surface area contributed by atoms with Crippen molar-refractivity contribution in [2.24, 2.45) is 7.05 Å². The fourth-order valence-corrected chi connectivity index (χ4v) is 2.01. The van der Waals surface area contributed by atoms with Gasteiger partial charge in [0.15, 0.2) is 11.5 Å². The van der Waals surface area contributed by atoms with Crippen molar-refractivity contribution in [2.75, 3.05) is 11.9 Å². The lowest BCUT2D eigenvalue weighted by Crippen LogP contribution is -2.07. The van der Waals surface area contributed by atoms with Crippen molar-refractivity contribution in [3.05, 3.63) is 17.8 Å². The van der Waals surface area contributed by atoms with Gasteiger partial charge in [0.25, 0.3) is 0 Å². The van der Waals surface area contributed by atoms with Crippen molar-refractivity contribution in [1.82, 2.24) is 40.4 Å². The summed E-state index contributed by atoms with van der Waals surface area (Å²) >= 11 is 0. The molecule has 0 saturated carbocycles. The second-order valence-corrected chi connectivity index (χ2v) is 4.48. The Hall–Kier alpha value is -2.58. The standard InChI is InChI=1S/C11H15N9/c1-7-14-10(8-6-13-20(2)11(8)15-7)12-5-3-4-9-16-18-19-17-9/h6H,3-5H2,1-2H3,(H,12,14,15)(H,16,17,18,19). The molecular weight excluding hydrogens is 258 g/mol. The Morgan fingerprint density at radius 3 is 3.05 bits per heavy atom. The average molecular weight is 273 g/mol. The summed E-state index contributed by atoms with van der Waals surface area (Å²) in [4.78, 5) is 8.81. The van der Waals surface area contributed by atoms with E-state index in [2.05, 4.69) is 41.0 Å². The first-order valence-electron chi connectivity index (χ1n) is 6.36. The van der Waals surface area contributed by atoms with Crippen molar-refractivity contribution in [3.8, 4) is 0 Å². The topological polar surface area (TPSA) is 110 Å². The lowest BCUT2D eigenvalue weighted by atomic mass is 10.3. The van der Waals surface area contributed by atoms with Gasteiger partial charge in [-0.2, -0.15) is 10.3 Å². The predicted molar refractivity (Wildman–Crippen MR) is 72.0 cm³/mol. The van der Waals surface area contributed by atoms with Crippen LogP contribution in [0, 0.1) is 6.92 Å². The minimum Gasteiger partial charge on any atom is -0.369 e. The molecule has 3 aromatic heterocycles. The lowest BCUT2D eigenvalue weighted by Gasteiger charge is -2.06.